The van der Waals surface area contributed by atoms with Crippen LogP contribution in [0.1, 0.15) is 23.6 Å². The fourth-order valence-electron chi connectivity index (χ4n) is 2.22. The number of aryl methyl sites for hydroxylation is 1. The summed E-state index contributed by atoms with van der Waals surface area (Å²) in [5, 5.41) is 6.70. The molecule has 2 N–H and O–H groups in total. The molecule has 1 rings (SSSR count). The zero-order valence-electron chi connectivity index (χ0n) is 14.5. The van der Waals surface area contributed by atoms with E-state index in [9.17, 15) is 0 Å². The number of methoxy groups -OCH3 is 1. The first-order chi connectivity index (χ1) is 10.6. The zero-order valence-corrected chi connectivity index (χ0v) is 14.5. The summed E-state index contributed by atoms with van der Waals surface area (Å²) in [6.45, 7) is 4.52. The fraction of sp³-hybridized carbons (Fsp3) is 0.588. The van der Waals surface area contributed by atoms with Crippen LogP contribution in [0.15, 0.2) is 29.3 Å². The summed E-state index contributed by atoms with van der Waals surface area (Å²) < 4.78 is 5.05. The molecule has 0 saturated carbocycles. The molecular weight excluding hydrogens is 276 g/mol. The Bertz CT molecular complexity index is 442. The molecule has 0 heterocycles. The third-order valence-corrected chi connectivity index (χ3v) is 3.59. The van der Waals surface area contributed by atoms with Crippen LogP contribution in [0.4, 0.5) is 0 Å². The van der Waals surface area contributed by atoms with E-state index in [1.807, 2.05) is 0 Å². The predicted molar refractivity (Wildman–Crippen MR) is 93.5 cm³/mol. The number of ether oxygens (including phenoxy) is 1. The smallest absolute Gasteiger partial charge is 0.191 e. The Balaban J connectivity index is 2.54. The van der Waals surface area contributed by atoms with Crippen LogP contribution in [0.5, 0.6) is 0 Å². The molecule has 0 fully saturated rings. The summed E-state index contributed by atoms with van der Waals surface area (Å²) in [7, 11) is 7.71. The maximum atomic E-state index is 5.05. The van der Waals surface area contributed by atoms with Crippen molar-refractivity contribution in [1.29, 1.82) is 0 Å². The Labute approximate surface area is 134 Å². The van der Waals surface area contributed by atoms with Crippen molar-refractivity contribution in [2.75, 3.05) is 47.9 Å². The molecule has 1 unspecified atom stereocenters. The molecule has 124 valence electrons. The molecule has 0 aliphatic rings. The van der Waals surface area contributed by atoms with Crippen LogP contribution in [-0.4, -0.2) is 58.8 Å². The number of nitrogens with one attached hydrogen (secondary N) is 2. The van der Waals surface area contributed by atoms with Crippen molar-refractivity contribution in [3.05, 3.63) is 35.4 Å². The van der Waals surface area contributed by atoms with E-state index in [1.54, 1.807) is 14.2 Å². The van der Waals surface area contributed by atoms with E-state index in [4.69, 9.17) is 4.74 Å². The lowest BCUT2D eigenvalue weighted by Gasteiger charge is -2.26. The topological polar surface area (TPSA) is 48.9 Å². The number of guanidine groups is 1. The van der Waals surface area contributed by atoms with E-state index < -0.39 is 0 Å². The van der Waals surface area contributed by atoms with Crippen LogP contribution in [0.2, 0.25) is 0 Å². The molecule has 0 saturated heterocycles. The fourth-order valence-corrected chi connectivity index (χ4v) is 2.22. The van der Waals surface area contributed by atoms with Crippen molar-refractivity contribution in [1.82, 2.24) is 15.5 Å². The van der Waals surface area contributed by atoms with Gasteiger partial charge < -0.3 is 20.3 Å². The van der Waals surface area contributed by atoms with Gasteiger partial charge >= 0.3 is 0 Å². The highest BCUT2D eigenvalue weighted by molar-refractivity contribution is 5.79. The first-order valence-corrected chi connectivity index (χ1v) is 7.75. The Morgan fingerprint density at radius 2 is 1.91 bits per heavy atom. The van der Waals surface area contributed by atoms with Gasteiger partial charge in [0.25, 0.3) is 0 Å². The average Bonchev–Trinajstić information content (AvgIpc) is 2.51. The van der Waals surface area contributed by atoms with Gasteiger partial charge in [-0.1, -0.05) is 29.8 Å². The van der Waals surface area contributed by atoms with Crippen LogP contribution >= 0.6 is 0 Å². The highest BCUT2D eigenvalue weighted by atomic mass is 16.5. The zero-order chi connectivity index (χ0) is 16.4. The Kier molecular flexibility index (Phi) is 8.55. The maximum absolute atomic E-state index is 5.05. The van der Waals surface area contributed by atoms with Gasteiger partial charge in [-0.3, -0.25) is 4.99 Å². The summed E-state index contributed by atoms with van der Waals surface area (Å²) in [5.41, 5.74) is 2.59. The number of hydrogen-bond donors (Lipinski definition) is 2. The summed E-state index contributed by atoms with van der Waals surface area (Å²) in [4.78, 5) is 6.48. The summed E-state index contributed by atoms with van der Waals surface area (Å²) in [5.74, 6) is 0.829. The van der Waals surface area contributed by atoms with E-state index in [0.717, 1.165) is 32.1 Å². The van der Waals surface area contributed by atoms with Crippen molar-refractivity contribution < 1.29 is 4.74 Å². The third kappa shape index (κ3) is 6.45. The number of likely N-dealkylation sites (N-methyl/N-ethyl adjacent to an activating group) is 1. The van der Waals surface area contributed by atoms with Gasteiger partial charge in [-0.25, -0.2) is 0 Å². The lowest BCUT2D eigenvalue weighted by atomic mass is 10.0. The van der Waals surface area contributed by atoms with Gasteiger partial charge in [-0.15, -0.1) is 0 Å². The molecule has 0 aromatic heterocycles. The maximum Gasteiger partial charge on any atom is 0.191 e. The van der Waals surface area contributed by atoms with Gasteiger partial charge in [-0.05, 0) is 33.0 Å². The van der Waals surface area contributed by atoms with Crippen LogP contribution < -0.4 is 10.6 Å². The number of hydrogen-bond acceptors (Lipinski definition) is 3. The summed E-state index contributed by atoms with van der Waals surface area (Å²) >= 11 is 0. The van der Waals surface area contributed by atoms with Crippen LogP contribution in [-0.2, 0) is 4.74 Å². The first-order valence-electron chi connectivity index (χ1n) is 7.75. The normalized spacial score (nSPS) is 13.3. The highest BCUT2D eigenvalue weighted by Gasteiger charge is 2.14. The molecule has 0 aliphatic heterocycles. The molecule has 5 heteroatoms. The SMILES string of the molecule is CN=C(NCCCOC)NCC(c1ccc(C)cc1)N(C)C. The molecule has 0 amide bonds. The van der Waals surface area contributed by atoms with Crippen molar-refractivity contribution >= 4 is 5.96 Å². The minimum Gasteiger partial charge on any atom is -0.385 e. The van der Waals surface area contributed by atoms with Gasteiger partial charge in [0.05, 0.1) is 6.04 Å². The molecule has 22 heavy (non-hydrogen) atoms. The minimum absolute atomic E-state index is 0.304. The molecule has 1 aromatic carbocycles. The van der Waals surface area contributed by atoms with Gasteiger partial charge in [-0.2, -0.15) is 0 Å². The van der Waals surface area contributed by atoms with E-state index >= 15 is 0 Å². The van der Waals surface area contributed by atoms with Gasteiger partial charge in [0, 0.05) is 33.9 Å². The van der Waals surface area contributed by atoms with E-state index in [-0.39, 0.29) is 0 Å². The lowest BCUT2D eigenvalue weighted by Crippen LogP contribution is -2.42. The van der Waals surface area contributed by atoms with Gasteiger partial charge in [0.2, 0.25) is 0 Å². The third-order valence-electron chi connectivity index (χ3n) is 3.59. The number of benzene rings is 1. The number of nitrogens with zero attached hydrogens (tertiary/aromatic N) is 2. The van der Waals surface area contributed by atoms with Gasteiger partial charge in [0.1, 0.15) is 0 Å². The highest BCUT2D eigenvalue weighted by Crippen LogP contribution is 2.17. The Hall–Kier alpha value is -1.59. The van der Waals surface area contributed by atoms with Crippen LogP contribution in [0, 0.1) is 6.92 Å². The van der Waals surface area contributed by atoms with E-state index in [2.05, 4.69) is 65.8 Å². The second kappa shape index (κ2) is 10.2. The average molecular weight is 306 g/mol. The predicted octanol–water partition coefficient (Wildman–Crippen LogP) is 1.80. The minimum atomic E-state index is 0.304. The standard InChI is InChI=1S/C17H30N4O/c1-14-7-9-15(10-8-14)16(21(3)4)13-20-17(18-2)19-11-6-12-22-5/h7-10,16H,6,11-13H2,1-5H3,(H2,18,19,20). The van der Waals surface area contributed by atoms with E-state index in [0.29, 0.717) is 6.04 Å². The molecule has 0 bridgehead atoms. The Morgan fingerprint density at radius 3 is 2.45 bits per heavy atom. The van der Waals surface area contributed by atoms with Crippen LogP contribution in [0.3, 0.4) is 0 Å². The monoisotopic (exact) mass is 306 g/mol. The molecule has 1 atom stereocenters. The van der Waals surface area contributed by atoms with Crippen molar-refractivity contribution in [3.63, 3.8) is 0 Å². The lowest BCUT2D eigenvalue weighted by molar-refractivity contribution is 0.195. The molecule has 0 aliphatic carbocycles. The molecule has 5 nitrogen and oxygen atoms in total. The molecule has 0 spiro atoms. The summed E-state index contributed by atoms with van der Waals surface area (Å²) in [6, 6.07) is 9.00. The summed E-state index contributed by atoms with van der Waals surface area (Å²) in [6.07, 6.45) is 0.965. The van der Waals surface area contributed by atoms with Crippen molar-refractivity contribution in [2.24, 2.45) is 4.99 Å². The van der Waals surface area contributed by atoms with E-state index in [1.165, 1.54) is 11.1 Å². The Morgan fingerprint density at radius 1 is 1.23 bits per heavy atom. The van der Waals surface area contributed by atoms with Crippen molar-refractivity contribution in [2.45, 2.75) is 19.4 Å². The molecule has 0 radical (unpaired) electrons. The second-order valence-corrected chi connectivity index (χ2v) is 5.62. The van der Waals surface area contributed by atoms with Gasteiger partial charge in [0.15, 0.2) is 5.96 Å². The first kappa shape index (κ1) is 18.5. The quantitative estimate of drug-likeness (QED) is 0.437. The van der Waals surface area contributed by atoms with Crippen LogP contribution in [0.25, 0.3) is 0 Å². The van der Waals surface area contributed by atoms with Crippen molar-refractivity contribution in [3.8, 4) is 0 Å². The largest absolute Gasteiger partial charge is 0.385 e. The number of aliphatic imine (C=N–C) groups is 1. The second-order valence-electron chi connectivity index (χ2n) is 5.62. The molecular formula is C17H30N4O. The molecule has 1 aromatic rings. The number of rotatable bonds is 8.